The number of carbonyl (C=O) groups excluding carboxylic acids is 3. The lowest BCUT2D eigenvalue weighted by Crippen LogP contribution is -2.43. The van der Waals surface area contributed by atoms with Crippen molar-refractivity contribution in [3.8, 4) is 17.2 Å². The first kappa shape index (κ1) is 39.8. The van der Waals surface area contributed by atoms with Gasteiger partial charge in [0.2, 0.25) is 0 Å². The Bertz CT molecular complexity index is 1650. The third kappa shape index (κ3) is 12.7. The summed E-state index contributed by atoms with van der Waals surface area (Å²) in [5, 5.41) is 0. The Morgan fingerprint density at radius 3 is 1.62 bits per heavy atom. The molecule has 0 unspecified atom stereocenters. The monoisotopic (exact) mass is 705 g/mol. The highest BCUT2D eigenvalue weighted by atomic mass is 35.7. The molecule has 4 rings (SSSR count). The molecule has 262 valence electrons. The minimum atomic E-state index is -3.88. The standard InChI is InChI=1S/C15H23N3O2.C9H10ClNO4S.C9H11NO2/c1-3-20-14-5-4-12(10-13(14)15(16)19)11-18-8-6-17(2)7-9-18;1-2-15-8-4-3-6(16(10,13)14)5-7(8)9(11)12;1-2-12-8-6-4-3-5-7(8)9(10)11/h4-5,10H,3,6-9,11H2,1-2H3,(H2,16,19);3-5H,2H2,1H3,(H2,11,12);3-6H,2H2,1H3,(H2,10,11). The molecule has 3 amide bonds. The SMILES string of the molecule is CCOc1ccc(CN2CCN(C)CC2)cc1C(N)=O.CCOc1ccc(S(=O)(=O)Cl)cc1C(N)=O.CCOc1ccccc1C(N)=O. The van der Waals surface area contributed by atoms with Gasteiger partial charge in [0.15, 0.2) is 0 Å². The van der Waals surface area contributed by atoms with Crippen LogP contribution in [0.1, 0.15) is 57.4 Å². The number of halogens is 1. The predicted octanol–water partition coefficient (Wildman–Crippen LogP) is 3.23. The molecule has 15 heteroatoms. The number of likely N-dealkylation sites (N-methyl/N-ethyl adjacent to an activating group) is 1. The second kappa shape index (κ2) is 19.5. The van der Waals surface area contributed by atoms with E-state index >= 15 is 0 Å². The summed E-state index contributed by atoms with van der Waals surface area (Å²) < 4.78 is 37.9. The summed E-state index contributed by atoms with van der Waals surface area (Å²) in [7, 11) is 3.40. The fourth-order valence-corrected chi connectivity index (χ4v) is 5.28. The molecule has 0 radical (unpaired) electrons. The average Bonchev–Trinajstić information content (AvgIpc) is 3.03. The molecule has 1 aliphatic heterocycles. The van der Waals surface area contributed by atoms with E-state index in [1.54, 1.807) is 31.2 Å². The van der Waals surface area contributed by atoms with Gasteiger partial charge in [-0.05, 0) is 75.8 Å². The van der Waals surface area contributed by atoms with Gasteiger partial charge >= 0.3 is 0 Å². The molecule has 3 aromatic carbocycles. The summed E-state index contributed by atoms with van der Waals surface area (Å²) >= 11 is 0. The van der Waals surface area contributed by atoms with Crippen molar-refractivity contribution in [3.05, 3.63) is 82.9 Å². The van der Waals surface area contributed by atoms with Crippen molar-refractivity contribution in [2.75, 3.05) is 53.0 Å². The van der Waals surface area contributed by atoms with Crippen LogP contribution in [0.5, 0.6) is 17.2 Å². The highest BCUT2D eigenvalue weighted by molar-refractivity contribution is 8.13. The molecule has 1 aliphatic rings. The van der Waals surface area contributed by atoms with Gasteiger partial charge in [-0.15, -0.1) is 0 Å². The van der Waals surface area contributed by atoms with Crippen LogP contribution in [0.2, 0.25) is 0 Å². The number of benzene rings is 3. The van der Waals surface area contributed by atoms with Gasteiger partial charge in [-0.1, -0.05) is 18.2 Å². The maximum atomic E-state index is 11.5. The minimum Gasteiger partial charge on any atom is -0.493 e. The molecule has 13 nitrogen and oxygen atoms in total. The largest absolute Gasteiger partial charge is 0.493 e. The maximum absolute atomic E-state index is 11.5. The van der Waals surface area contributed by atoms with Crippen LogP contribution in [0, 0.1) is 0 Å². The molecular weight excluding hydrogens is 662 g/mol. The normalized spacial score (nSPS) is 13.2. The lowest BCUT2D eigenvalue weighted by atomic mass is 10.1. The second-order valence-electron chi connectivity index (χ2n) is 10.4. The lowest BCUT2D eigenvalue weighted by molar-refractivity contribution is 0.0987. The molecular formula is C33H44ClN5O8S. The first-order valence-corrected chi connectivity index (χ1v) is 17.5. The van der Waals surface area contributed by atoms with Crippen molar-refractivity contribution in [2.24, 2.45) is 17.2 Å². The van der Waals surface area contributed by atoms with Crippen molar-refractivity contribution in [2.45, 2.75) is 32.2 Å². The van der Waals surface area contributed by atoms with E-state index in [1.165, 1.54) is 12.1 Å². The zero-order chi connectivity index (χ0) is 35.9. The number of carbonyl (C=O) groups is 3. The molecule has 3 aromatic rings. The van der Waals surface area contributed by atoms with Crippen molar-refractivity contribution in [3.63, 3.8) is 0 Å². The highest BCUT2D eigenvalue weighted by Gasteiger charge is 2.17. The zero-order valence-corrected chi connectivity index (χ0v) is 29.2. The van der Waals surface area contributed by atoms with Gasteiger partial charge in [0, 0.05) is 43.4 Å². The Kier molecular flexibility index (Phi) is 16.1. The van der Waals surface area contributed by atoms with Gasteiger partial charge in [0.05, 0.1) is 41.4 Å². The van der Waals surface area contributed by atoms with Crippen LogP contribution in [-0.2, 0) is 15.6 Å². The highest BCUT2D eigenvalue weighted by Crippen LogP contribution is 2.25. The van der Waals surface area contributed by atoms with Crippen molar-refractivity contribution < 1.29 is 37.0 Å². The van der Waals surface area contributed by atoms with E-state index in [9.17, 15) is 22.8 Å². The van der Waals surface area contributed by atoms with E-state index in [1.807, 2.05) is 32.0 Å². The van der Waals surface area contributed by atoms with Gasteiger partial charge in [0.1, 0.15) is 17.2 Å². The second-order valence-corrected chi connectivity index (χ2v) is 13.0. The van der Waals surface area contributed by atoms with Crippen LogP contribution in [0.4, 0.5) is 0 Å². The van der Waals surface area contributed by atoms with E-state index in [0.29, 0.717) is 42.4 Å². The summed E-state index contributed by atoms with van der Waals surface area (Å²) in [6.07, 6.45) is 0. The van der Waals surface area contributed by atoms with Crippen LogP contribution in [0.3, 0.4) is 0 Å². The topological polar surface area (TPSA) is 198 Å². The third-order valence-electron chi connectivity index (χ3n) is 6.86. The summed E-state index contributed by atoms with van der Waals surface area (Å²) in [4.78, 5) is 37.9. The maximum Gasteiger partial charge on any atom is 0.261 e. The number of nitrogens with zero attached hydrogens (tertiary/aromatic N) is 2. The molecule has 0 aliphatic carbocycles. The van der Waals surface area contributed by atoms with E-state index in [-0.39, 0.29) is 16.2 Å². The van der Waals surface area contributed by atoms with Gasteiger partial charge in [0.25, 0.3) is 26.8 Å². The zero-order valence-electron chi connectivity index (χ0n) is 27.6. The van der Waals surface area contributed by atoms with Crippen LogP contribution in [0.25, 0.3) is 0 Å². The molecule has 0 atom stereocenters. The number of piperazine rings is 1. The molecule has 0 spiro atoms. The number of hydrogen-bond acceptors (Lipinski definition) is 10. The molecule has 6 N–H and O–H groups in total. The lowest BCUT2D eigenvalue weighted by Gasteiger charge is -2.32. The Morgan fingerprint density at radius 1 is 0.688 bits per heavy atom. The average molecular weight is 706 g/mol. The fraction of sp³-hybridized carbons (Fsp3) is 0.364. The quantitative estimate of drug-likeness (QED) is 0.235. The fourth-order valence-electron chi connectivity index (χ4n) is 4.50. The Labute approximate surface area is 286 Å². The Balaban J connectivity index is 0.000000259. The van der Waals surface area contributed by atoms with Crippen molar-refractivity contribution in [1.82, 2.24) is 9.80 Å². The van der Waals surface area contributed by atoms with Gasteiger partial charge in [-0.25, -0.2) is 8.42 Å². The molecule has 1 saturated heterocycles. The first-order chi connectivity index (χ1) is 22.7. The van der Waals surface area contributed by atoms with E-state index in [4.69, 9.17) is 42.1 Å². The van der Waals surface area contributed by atoms with Crippen molar-refractivity contribution >= 4 is 37.5 Å². The number of rotatable bonds is 12. The molecule has 1 heterocycles. The summed E-state index contributed by atoms with van der Waals surface area (Å²) in [6, 6.07) is 16.3. The smallest absolute Gasteiger partial charge is 0.261 e. The van der Waals surface area contributed by atoms with Gasteiger partial charge < -0.3 is 36.3 Å². The van der Waals surface area contributed by atoms with Gasteiger partial charge in [-0.3, -0.25) is 19.3 Å². The van der Waals surface area contributed by atoms with Crippen LogP contribution in [-0.4, -0.2) is 89.0 Å². The van der Waals surface area contributed by atoms with E-state index in [0.717, 1.165) is 44.4 Å². The van der Waals surface area contributed by atoms with Crippen LogP contribution in [0.15, 0.2) is 65.6 Å². The number of amides is 3. The number of hydrogen-bond donors (Lipinski definition) is 3. The summed E-state index contributed by atoms with van der Waals surface area (Å²) in [5.74, 6) is -0.313. The molecule has 0 aromatic heterocycles. The minimum absolute atomic E-state index is 0.0106. The number of nitrogens with two attached hydrogens (primary N) is 3. The molecule has 1 fully saturated rings. The first-order valence-electron chi connectivity index (χ1n) is 15.2. The summed E-state index contributed by atoms with van der Waals surface area (Å²) in [5.41, 5.74) is 17.6. The van der Waals surface area contributed by atoms with E-state index in [2.05, 4.69) is 16.8 Å². The summed E-state index contributed by atoms with van der Waals surface area (Å²) in [6.45, 7) is 12.0. The number of ether oxygens (including phenoxy) is 3. The van der Waals surface area contributed by atoms with E-state index < -0.39 is 26.8 Å². The van der Waals surface area contributed by atoms with Crippen molar-refractivity contribution in [1.29, 1.82) is 0 Å². The molecule has 0 bridgehead atoms. The third-order valence-corrected chi connectivity index (χ3v) is 8.21. The Morgan fingerprint density at radius 2 is 1.15 bits per heavy atom. The predicted molar refractivity (Wildman–Crippen MR) is 184 cm³/mol. The molecule has 0 saturated carbocycles. The number of primary amides is 3. The number of para-hydroxylation sites is 1. The van der Waals surface area contributed by atoms with Crippen LogP contribution < -0.4 is 31.4 Å². The van der Waals surface area contributed by atoms with Gasteiger partial charge in [-0.2, -0.15) is 0 Å². The molecule has 48 heavy (non-hydrogen) atoms. The Hall–Kier alpha value is -4.37. The van der Waals surface area contributed by atoms with Crippen LogP contribution >= 0.6 is 10.7 Å².